The molecule has 2 amide bonds. The van der Waals surface area contributed by atoms with Crippen LogP contribution in [0.15, 0.2) is 0 Å². The normalized spacial score (nSPS) is 34.5. The van der Waals surface area contributed by atoms with Gasteiger partial charge in [0.1, 0.15) is 12.1 Å². The molecule has 0 aromatic heterocycles. The first-order valence-corrected chi connectivity index (χ1v) is 8.19. The first kappa shape index (κ1) is 15.3. The average Bonchev–Trinajstić information content (AvgIpc) is 2.81. The van der Waals surface area contributed by atoms with Gasteiger partial charge in [-0.1, -0.05) is 40.0 Å². The molecule has 2 fully saturated rings. The van der Waals surface area contributed by atoms with Gasteiger partial charge in [-0.15, -0.1) is 0 Å². The fourth-order valence-corrected chi connectivity index (χ4v) is 3.68. The second-order valence-corrected chi connectivity index (χ2v) is 6.43. The summed E-state index contributed by atoms with van der Waals surface area (Å²) in [5, 5.41) is 2.90. The lowest BCUT2D eigenvalue weighted by Crippen LogP contribution is -2.63. The third-order valence-electron chi connectivity index (χ3n) is 5.01. The Morgan fingerprint density at radius 1 is 1.25 bits per heavy atom. The van der Waals surface area contributed by atoms with Crippen molar-refractivity contribution in [2.24, 2.45) is 11.8 Å². The highest BCUT2D eigenvalue weighted by molar-refractivity contribution is 5.96. The van der Waals surface area contributed by atoms with Gasteiger partial charge in [0.25, 0.3) is 0 Å². The van der Waals surface area contributed by atoms with E-state index >= 15 is 0 Å². The Morgan fingerprint density at radius 3 is 2.55 bits per heavy atom. The van der Waals surface area contributed by atoms with Crippen LogP contribution < -0.4 is 5.32 Å². The van der Waals surface area contributed by atoms with Crippen LogP contribution in [0.3, 0.4) is 0 Å². The maximum atomic E-state index is 12.6. The van der Waals surface area contributed by atoms with Crippen LogP contribution in [0.4, 0.5) is 0 Å². The molecule has 0 aromatic rings. The van der Waals surface area contributed by atoms with Crippen LogP contribution in [0.2, 0.25) is 0 Å². The van der Waals surface area contributed by atoms with E-state index in [9.17, 15) is 9.59 Å². The summed E-state index contributed by atoms with van der Waals surface area (Å²) in [6.07, 6.45) is 6.08. The molecule has 1 aliphatic heterocycles. The lowest BCUT2D eigenvalue weighted by molar-refractivity contribution is -0.150. The second-order valence-electron chi connectivity index (χ2n) is 6.43. The van der Waals surface area contributed by atoms with E-state index in [-0.39, 0.29) is 23.9 Å². The Labute approximate surface area is 122 Å². The van der Waals surface area contributed by atoms with E-state index in [0.717, 1.165) is 19.4 Å². The predicted molar refractivity (Wildman–Crippen MR) is 79.1 cm³/mol. The molecule has 4 unspecified atom stereocenters. The highest BCUT2D eigenvalue weighted by Gasteiger charge is 2.40. The Balaban J connectivity index is 2.11. The van der Waals surface area contributed by atoms with Crippen molar-refractivity contribution in [3.8, 4) is 0 Å². The Morgan fingerprint density at radius 2 is 2.00 bits per heavy atom. The molecule has 0 radical (unpaired) electrons. The van der Waals surface area contributed by atoms with Gasteiger partial charge in [0.2, 0.25) is 11.8 Å². The van der Waals surface area contributed by atoms with Gasteiger partial charge in [0.15, 0.2) is 0 Å². The minimum absolute atomic E-state index is 0.0381. The molecule has 1 saturated carbocycles. The van der Waals surface area contributed by atoms with E-state index in [1.807, 2.05) is 11.8 Å². The quantitative estimate of drug-likeness (QED) is 0.840. The zero-order chi connectivity index (χ0) is 14.7. The largest absolute Gasteiger partial charge is 0.343 e. The third kappa shape index (κ3) is 2.99. The van der Waals surface area contributed by atoms with E-state index in [0.29, 0.717) is 18.3 Å². The lowest BCUT2D eigenvalue weighted by atomic mass is 9.94. The van der Waals surface area contributed by atoms with Gasteiger partial charge < -0.3 is 10.2 Å². The van der Waals surface area contributed by atoms with Gasteiger partial charge >= 0.3 is 0 Å². The van der Waals surface area contributed by atoms with Gasteiger partial charge in [0, 0.05) is 6.54 Å². The minimum atomic E-state index is -0.299. The molecule has 4 atom stereocenters. The Hall–Kier alpha value is -1.06. The summed E-state index contributed by atoms with van der Waals surface area (Å²) in [5.74, 6) is 1.42. The number of carbonyl (C=O) groups is 2. The maximum Gasteiger partial charge on any atom is 0.245 e. The highest BCUT2D eigenvalue weighted by Crippen LogP contribution is 2.33. The Bertz CT molecular complexity index is 369. The number of rotatable bonds is 5. The van der Waals surface area contributed by atoms with Crippen molar-refractivity contribution in [2.75, 3.05) is 6.54 Å². The van der Waals surface area contributed by atoms with Crippen LogP contribution in [-0.4, -0.2) is 35.3 Å². The molecule has 4 heteroatoms. The second kappa shape index (κ2) is 6.59. The fourth-order valence-electron chi connectivity index (χ4n) is 3.68. The van der Waals surface area contributed by atoms with Crippen molar-refractivity contribution < 1.29 is 9.59 Å². The van der Waals surface area contributed by atoms with Crippen LogP contribution in [0.5, 0.6) is 0 Å². The molecule has 1 N–H and O–H groups in total. The van der Waals surface area contributed by atoms with Crippen molar-refractivity contribution in [3.63, 3.8) is 0 Å². The number of nitrogens with zero attached hydrogens (tertiary/aromatic N) is 1. The molecular weight excluding hydrogens is 252 g/mol. The summed E-state index contributed by atoms with van der Waals surface area (Å²) in [6.45, 7) is 7.08. The molecule has 0 bridgehead atoms. The molecule has 2 aliphatic rings. The first-order chi connectivity index (χ1) is 9.58. The van der Waals surface area contributed by atoms with Crippen LogP contribution in [0.25, 0.3) is 0 Å². The summed E-state index contributed by atoms with van der Waals surface area (Å²) in [4.78, 5) is 26.7. The van der Waals surface area contributed by atoms with Crippen LogP contribution in [-0.2, 0) is 9.59 Å². The fraction of sp³-hybridized carbons (Fsp3) is 0.875. The van der Waals surface area contributed by atoms with E-state index in [1.165, 1.54) is 19.3 Å². The summed E-state index contributed by atoms with van der Waals surface area (Å²) in [6, 6.07) is -0.560. The molecular formula is C16H28N2O2. The van der Waals surface area contributed by atoms with E-state index in [4.69, 9.17) is 0 Å². The van der Waals surface area contributed by atoms with Crippen LogP contribution >= 0.6 is 0 Å². The first-order valence-electron chi connectivity index (χ1n) is 8.19. The third-order valence-corrected chi connectivity index (χ3v) is 5.01. The Kier molecular flexibility index (Phi) is 5.06. The van der Waals surface area contributed by atoms with Crippen molar-refractivity contribution in [1.82, 2.24) is 10.2 Å². The number of piperazine rings is 1. The van der Waals surface area contributed by atoms with Gasteiger partial charge in [-0.2, -0.15) is 0 Å². The van der Waals surface area contributed by atoms with E-state index < -0.39 is 0 Å². The molecule has 0 aromatic carbocycles. The van der Waals surface area contributed by atoms with Crippen molar-refractivity contribution in [1.29, 1.82) is 0 Å². The van der Waals surface area contributed by atoms with Crippen molar-refractivity contribution in [2.45, 2.75) is 71.4 Å². The number of carbonyl (C=O) groups excluding carboxylic acids is 2. The van der Waals surface area contributed by atoms with Crippen LogP contribution in [0, 0.1) is 11.8 Å². The predicted octanol–water partition coefficient (Wildman–Crippen LogP) is 2.33. The molecule has 1 heterocycles. The molecule has 114 valence electrons. The average molecular weight is 280 g/mol. The van der Waals surface area contributed by atoms with Gasteiger partial charge in [0.05, 0.1) is 0 Å². The number of amides is 2. The molecule has 20 heavy (non-hydrogen) atoms. The van der Waals surface area contributed by atoms with Gasteiger partial charge in [-0.3, -0.25) is 9.59 Å². The zero-order valence-electron chi connectivity index (χ0n) is 13.0. The van der Waals surface area contributed by atoms with Gasteiger partial charge in [-0.05, 0) is 31.1 Å². The number of nitrogens with one attached hydrogen (secondary N) is 1. The summed E-state index contributed by atoms with van der Waals surface area (Å²) < 4.78 is 0. The summed E-state index contributed by atoms with van der Waals surface area (Å²) >= 11 is 0. The number of hydrogen-bond acceptors (Lipinski definition) is 2. The molecule has 2 rings (SSSR count). The number of hydrogen-bond donors (Lipinski definition) is 1. The molecule has 1 aliphatic carbocycles. The smallest absolute Gasteiger partial charge is 0.245 e. The SMILES string of the molecule is CCCC1NC(=O)C(CC)N(CC2CCCC2C)C1=O. The standard InChI is InChI=1S/C16H28N2O2/c1-4-7-13-16(20)18(14(5-2)15(19)17-13)10-12-9-6-8-11(12)3/h11-14H,4-10H2,1-3H3,(H,17,19). The molecule has 4 nitrogen and oxygen atoms in total. The van der Waals surface area contributed by atoms with E-state index in [2.05, 4.69) is 19.2 Å². The summed E-state index contributed by atoms with van der Waals surface area (Å²) in [5.41, 5.74) is 0. The monoisotopic (exact) mass is 280 g/mol. The zero-order valence-corrected chi connectivity index (χ0v) is 13.0. The lowest BCUT2D eigenvalue weighted by Gasteiger charge is -2.40. The highest BCUT2D eigenvalue weighted by atomic mass is 16.2. The van der Waals surface area contributed by atoms with Crippen LogP contribution in [0.1, 0.15) is 59.3 Å². The molecule has 1 saturated heterocycles. The van der Waals surface area contributed by atoms with Crippen molar-refractivity contribution >= 4 is 11.8 Å². The van der Waals surface area contributed by atoms with Crippen molar-refractivity contribution in [3.05, 3.63) is 0 Å². The minimum Gasteiger partial charge on any atom is -0.343 e. The topological polar surface area (TPSA) is 49.4 Å². The van der Waals surface area contributed by atoms with Gasteiger partial charge in [-0.25, -0.2) is 0 Å². The maximum absolute atomic E-state index is 12.6. The van der Waals surface area contributed by atoms with E-state index in [1.54, 1.807) is 0 Å². The molecule has 0 spiro atoms. The summed E-state index contributed by atoms with van der Waals surface area (Å²) in [7, 11) is 0.